The van der Waals surface area contributed by atoms with Crippen LogP contribution in [-0.2, 0) is 9.59 Å². The van der Waals surface area contributed by atoms with Crippen molar-refractivity contribution in [2.24, 2.45) is 0 Å². The molecular formula is C17H12ClNO2. The highest BCUT2D eigenvalue weighted by Gasteiger charge is 2.31. The summed E-state index contributed by atoms with van der Waals surface area (Å²) in [6.45, 7) is 1.95. The summed E-state index contributed by atoms with van der Waals surface area (Å²) >= 11 is 5.87. The van der Waals surface area contributed by atoms with Crippen molar-refractivity contribution in [3.8, 4) is 0 Å². The van der Waals surface area contributed by atoms with E-state index >= 15 is 0 Å². The van der Waals surface area contributed by atoms with Crippen LogP contribution in [0.1, 0.15) is 16.7 Å². The first-order valence-electron chi connectivity index (χ1n) is 6.49. The van der Waals surface area contributed by atoms with Gasteiger partial charge in [-0.3, -0.25) is 14.9 Å². The van der Waals surface area contributed by atoms with E-state index in [9.17, 15) is 9.59 Å². The Hall–Kier alpha value is -2.39. The number of hydrogen-bond donors (Lipinski definition) is 1. The van der Waals surface area contributed by atoms with Gasteiger partial charge in [-0.25, -0.2) is 0 Å². The minimum atomic E-state index is -0.376. The normalized spacial score (nSPS) is 14.6. The molecule has 2 amide bonds. The molecule has 21 heavy (non-hydrogen) atoms. The fourth-order valence-electron chi connectivity index (χ4n) is 2.42. The Bertz CT molecular complexity index is 776. The number of halogens is 1. The van der Waals surface area contributed by atoms with Crippen molar-refractivity contribution >= 4 is 34.6 Å². The first-order valence-corrected chi connectivity index (χ1v) is 6.87. The van der Waals surface area contributed by atoms with Crippen molar-refractivity contribution in [1.82, 2.24) is 5.32 Å². The zero-order valence-electron chi connectivity index (χ0n) is 11.3. The van der Waals surface area contributed by atoms with E-state index in [2.05, 4.69) is 5.32 Å². The first-order chi connectivity index (χ1) is 10.1. The van der Waals surface area contributed by atoms with Gasteiger partial charge in [0.2, 0.25) is 0 Å². The molecule has 3 rings (SSSR count). The standard InChI is InChI=1S/C17H12ClNO2/c1-10-3-2-4-12(9-10)15-14(16(20)19-17(15)21)11-5-7-13(18)8-6-11/h2-9H,1H3,(H,19,20,21). The number of hydrogen-bond acceptors (Lipinski definition) is 2. The summed E-state index contributed by atoms with van der Waals surface area (Å²) < 4.78 is 0. The summed E-state index contributed by atoms with van der Waals surface area (Å²) in [5.41, 5.74) is 3.25. The van der Waals surface area contributed by atoms with Crippen LogP contribution in [0.3, 0.4) is 0 Å². The zero-order chi connectivity index (χ0) is 15.0. The summed E-state index contributed by atoms with van der Waals surface area (Å²) in [6.07, 6.45) is 0. The number of nitrogens with one attached hydrogen (secondary N) is 1. The molecule has 0 radical (unpaired) electrons. The van der Waals surface area contributed by atoms with Crippen molar-refractivity contribution in [3.63, 3.8) is 0 Å². The Morgan fingerprint density at radius 1 is 0.857 bits per heavy atom. The van der Waals surface area contributed by atoms with Crippen molar-refractivity contribution < 1.29 is 9.59 Å². The SMILES string of the molecule is Cc1cccc(C2=C(c3ccc(Cl)cc3)C(=O)NC2=O)c1. The number of carbonyl (C=O) groups excluding carboxylic acids is 2. The number of imide groups is 1. The maximum Gasteiger partial charge on any atom is 0.259 e. The van der Waals surface area contributed by atoms with Gasteiger partial charge in [-0.15, -0.1) is 0 Å². The lowest BCUT2D eigenvalue weighted by Gasteiger charge is -2.05. The van der Waals surface area contributed by atoms with Crippen molar-refractivity contribution in [2.45, 2.75) is 6.92 Å². The molecule has 0 atom stereocenters. The van der Waals surface area contributed by atoms with E-state index < -0.39 is 0 Å². The third-order valence-electron chi connectivity index (χ3n) is 3.37. The van der Waals surface area contributed by atoms with Crippen LogP contribution in [-0.4, -0.2) is 11.8 Å². The van der Waals surface area contributed by atoms with Crippen molar-refractivity contribution in [1.29, 1.82) is 0 Å². The Morgan fingerprint density at radius 3 is 2.10 bits per heavy atom. The molecule has 0 aliphatic carbocycles. The summed E-state index contributed by atoms with van der Waals surface area (Å²) in [5, 5.41) is 2.95. The molecular weight excluding hydrogens is 286 g/mol. The minimum Gasteiger partial charge on any atom is -0.288 e. The van der Waals surface area contributed by atoms with Crippen LogP contribution in [0.4, 0.5) is 0 Å². The molecule has 0 unspecified atom stereocenters. The van der Waals surface area contributed by atoms with Gasteiger partial charge in [0.25, 0.3) is 11.8 Å². The van der Waals surface area contributed by atoms with E-state index in [1.165, 1.54) is 0 Å². The molecule has 1 N–H and O–H groups in total. The van der Waals surface area contributed by atoms with Crippen LogP contribution < -0.4 is 5.32 Å². The van der Waals surface area contributed by atoms with Gasteiger partial charge in [-0.2, -0.15) is 0 Å². The molecule has 1 aliphatic heterocycles. The van der Waals surface area contributed by atoms with Gasteiger partial charge in [-0.05, 0) is 30.2 Å². The van der Waals surface area contributed by atoms with Crippen LogP contribution in [0.15, 0.2) is 48.5 Å². The molecule has 0 aromatic heterocycles. The van der Waals surface area contributed by atoms with Crippen LogP contribution in [0, 0.1) is 6.92 Å². The van der Waals surface area contributed by atoms with Crippen molar-refractivity contribution in [3.05, 3.63) is 70.2 Å². The molecule has 104 valence electrons. The Balaban J connectivity index is 2.22. The van der Waals surface area contributed by atoms with E-state index in [-0.39, 0.29) is 11.8 Å². The highest BCUT2D eigenvalue weighted by Crippen LogP contribution is 2.31. The van der Waals surface area contributed by atoms with Gasteiger partial charge in [-0.1, -0.05) is 53.6 Å². The van der Waals surface area contributed by atoms with Gasteiger partial charge in [0.05, 0.1) is 11.1 Å². The molecule has 0 bridgehead atoms. The first kappa shape index (κ1) is 13.6. The Morgan fingerprint density at radius 2 is 1.48 bits per heavy atom. The summed E-state index contributed by atoms with van der Waals surface area (Å²) in [5.74, 6) is -0.741. The van der Waals surface area contributed by atoms with Crippen LogP contribution in [0.2, 0.25) is 5.02 Å². The lowest BCUT2D eigenvalue weighted by atomic mass is 9.95. The summed E-state index contributed by atoms with van der Waals surface area (Å²) in [7, 11) is 0. The molecule has 3 nitrogen and oxygen atoms in total. The average molecular weight is 298 g/mol. The van der Waals surface area contributed by atoms with Crippen LogP contribution in [0.25, 0.3) is 11.1 Å². The molecule has 0 spiro atoms. The van der Waals surface area contributed by atoms with E-state index in [0.717, 1.165) is 11.1 Å². The Labute approximate surface area is 127 Å². The van der Waals surface area contributed by atoms with E-state index in [0.29, 0.717) is 21.7 Å². The van der Waals surface area contributed by atoms with Gasteiger partial charge in [0.15, 0.2) is 0 Å². The molecule has 0 saturated heterocycles. The van der Waals surface area contributed by atoms with E-state index in [1.54, 1.807) is 24.3 Å². The number of rotatable bonds is 2. The third kappa shape index (κ3) is 2.48. The van der Waals surface area contributed by atoms with Crippen LogP contribution >= 0.6 is 11.6 Å². The topological polar surface area (TPSA) is 46.2 Å². The molecule has 2 aromatic rings. The lowest BCUT2D eigenvalue weighted by molar-refractivity contribution is -0.122. The van der Waals surface area contributed by atoms with Gasteiger partial charge < -0.3 is 0 Å². The average Bonchev–Trinajstić information content (AvgIpc) is 2.74. The Kier molecular flexibility index (Phi) is 3.35. The zero-order valence-corrected chi connectivity index (χ0v) is 12.1. The maximum atomic E-state index is 12.1. The second kappa shape index (κ2) is 5.19. The summed E-state index contributed by atoms with van der Waals surface area (Å²) in [4.78, 5) is 24.2. The summed E-state index contributed by atoms with van der Waals surface area (Å²) in [6, 6.07) is 14.4. The molecule has 0 saturated carbocycles. The second-order valence-electron chi connectivity index (χ2n) is 4.91. The fourth-order valence-corrected chi connectivity index (χ4v) is 2.55. The number of amides is 2. The number of aryl methyl sites for hydroxylation is 1. The highest BCUT2D eigenvalue weighted by atomic mass is 35.5. The molecule has 1 aliphatic rings. The molecule has 4 heteroatoms. The number of benzene rings is 2. The number of carbonyl (C=O) groups is 2. The van der Waals surface area contributed by atoms with E-state index in [1.807, 2.05) is 31.2 Å². The van der Waals surface area contributed by atoms with Crippen LogP contribution in [0.5, 0.6) is 0 Å². The predicted octanol–water partition coefficient (Wildman–Crippen LogP) is 3.22. The second-order valence-corrected chi connectivity index (χ2v) is 5.35. The molecule has 1 heterocycles. The molecule has 2 aromatic carbocycles. The van der Waals surface area contributed by atoms with E-state index in [4.69, 9.17) is 11.6 Å². The predicted molar refractivity (Wildman–Crippen MR) is 82.6 cm³/mol. The quantitative estimate of drug-likeness (QED) is 0.865. The van der Waals surface area contributed by atoms with Gasteiger partial charge >= 0.3 is 0 Å². The van der Waals surface area contributed by atoms with Gasteiger partial charge in [0.1, 0.15) is 0 Å². The largest absolute Gasteiger partial charge is 0.288 e. The lowest BCUT2D eigenvalue weighted by Crippen LogP contribution is -2.22. The highest BCUT2D eigenvalue weighted by molar-refractivity contribution is 6.49. The third-order valence-corrected chi connectivity index (χ3v) is 3.62. The smallest absolute Gasteiger partial charge is 0.259 e. The maximum absolute atomic E-state index is 12.1. The molecule has 0 fully saturated rings. The fraction of sp³-hybridized carbons (Fsp3) is 0.0588. The monoisotopic (exact) mass is 297 g/mol. The van der Waals surface area contributed by atoms with Gasteiger partial charge in [0, 0.05) is 5.02 Å². The minimum absolute atomic E-state index is 0.365. The van der Waals surface area contributed by atoms with Crippen molar-refractivity contribution in [2.75, 3.05) is 0 Å².